The van der Waals surface area contributed by atoms with Gasteiger partial charge in [-0.25, -0.2) is 0 Å². The Labute approximate surface area is 355 Å². The van der Waals surface area contributed by atoms with Crippen LogP contribution in [0.4, 0.5) is 32.0 Å². The topological polar surface area (TPSA) is 134 Å². The third-order valence-electron chi connectivity index (χ3n) is 8.48. The number of nitrogens with zero attached hydrogens (tertiary/aromatic N) is 8. The highest BCUT2D eigenvalue weighted by Crippen LogP contribution is 2.31. The van der Waals surface area contributed by atoms with Gasteiger partial charge in [0.15, 0.2) is 11.3 Å². The molecule has 4 heterocycles. The Morgan fingerprint density at radius 3 is 1.47 bits per heavy atom. The van der Waals surface area contributed by atoms with Gasteiger partial charge in [-0.05, 0) is 129 Å². The highest BCUT2D eigenvalue weighted by Gasteiger charge is 2.37. The van der Waals surface area contributed by atoms with Gasteiger partial charge in [0.05, 0.1) is 17.2 Å². The normalized spacial score (nSPS) is 11.2. The van der Waals surface area contributed by atoms with Crippen LogP contribution in [0.1, 0.15) is 33.9 Å². The second kappa shape index (κ2) is 17.7. The summed E-state index contributed by atoms with van der Waals surface area (Å²) in [6.07, 6.45) is -5.84. The van der Waals surface area contributed by atoms with Gasteiger partial charge in [0, 0.05) is 31.7 Å². The van der Waals surface area contributed by atoms with Crippen molar-refractivity contribution in [1.29, 1.82) is 10.5 Å². The van der Waals surface area contributed by atoms with Crippen LogP contribution in [0, 0.1) is 26.2 Å². The molecule has 9 nitrogen and oxygen atoms in total. The molecule has 0 aliphatic heterocycles. The van der Waals surface area contributed by atoms with Gasteiger partial charge in [0.2, 0.25) is 11.6 Å². The molecule has 8 rings (SSSR count). The van der Waals surface area contributed by atoms with Crippen LogP contribution in [0.3, 0.4) is 0 Å². The predicted octanol–water partition coefficient (Wildman–Crippen LogP) is 11.3. The van der Waals surface area contributed by atoms with Gasteiger partial charge in [-0.3, -0.25) is 8.80 Å². The minimum absolute atomic E-state index is 0.129. The van der Waals surface area contributed by atoms with Gasteiger partial charge < -0.3 is 5.73 Å². The van der Waals surface area contributed by atoms with E-state index in [2.05, 4.69) is 49.1 Å². The standard InChI is InChI=1S/C21H12ClF3N4.C13H9F3N4.C7H3ClIN/c22-18-7-5-15(17(10-18)11-26)9-13-1-3-14(4-2-13)16-6-8-19-27-28-20(21(23,24)25)29(19)12-16;14-13(15,16)12-19-18-11-6-3-9(7-20(11)12)8-1-4-10(17)5-2-8;8-6-1-2-7(9)5(3-6)4-10/h1-8,10,12H,9H2;1-7H,17H2;1-3H. The van der Waals surface area contributed by atoms with E-state index in [0.29, 0.717) is 44.4 Å². The number of rotatable bonds is 4. The Morgan fingerprint density at radius 2 is 1.02 bits per heavy atom. The second-order valence-electron chi connectivity index (χ2n) is 12.5. The maximum atomic E-state index is 13.1. The van der Waals surface area contributed by atoms with Crippen LogP contribution >= 0.6 is 45.8 Å². The average molecular weight is 955 g/mol. The number of aromatic nitrogens is 6. The number of anilines is 1. The quantitative estimate of drug-likeness (QED) is 0.105. The summed E-state index contributed by atoms with van der Waals surface area (Å²) >= 11 is 13.7. The number of nitrogen functional groups attached to an aromatic ring is 1. The molecule has 0 saturated carbocycles. The number of alkyl halides is 6. The predicted molar refractivity (Wildman–Crippen MR) is 219 cm³/mol. The fraction of sp³-hybridized carbons (Fsp3) is 0.0732. The summed E-state index contributed by atoms with van der Waals surface area (Å²) in [4.78, 5) is 0. The minimum atomic E-state index is -4.58. The molecule has 8 aromatic rings. The molecule has 4 aromatic carbocycles. The molecule has 2 N–H and O–H groups in total. The molecule has 296 valence electrons. The zero-order valence-corrected chi connectivity index (χ0v) is 33.5. The molecule has 0 unspecified atom stereocenters. The van der Waals surface area contributed by atoms with Crippen molar-refractivity contribution in [2.24, 2.45) is 0 Å². The van der Waals surface area contributed by atoms with Crippen molar-refractivity contribution in [3.8, 4) is 34.4 Å². The van der Waals surface area contributed by atoms with Crippen LogP contribution in [0.25, 0.3) is 33.5 Å². The van der Waals surface area contributed by atoms with Crippen molar-refractivity contribution in [3.63, 3.8) is 0 Å². The highest BCUT2D eigenvalue weighted by atomic mass is 127. The van der Waals surface area contributed by atoms with E-state index in [0.717, 1.165) is 34.6 Å². The van der Waals surface area contributed by atoms with Crippen LogP contribution < -0.4 is 5.73 Å². The third-order valence-corrected chi connectivity index (χ3v) is 9.89. The first-order valence-corrected chi connectivity index (χ1v) is 18.7. The lowest BCUT2D eigenvalue weighted by atomic mass is 9.98. The highest BCUT2D eigenvalue weighted by molar-refractivity contribution is 14.1. The number of fused-ring (bicyclic) bond motifs is 2. The monoisotopic (exact) mass is 953 g/mol. The molecule has 0 bridgehead atoms. The lowest BCUT2D eigenvalue weighted by Gasteiger charge is -2.08. The van der Waals surface area contributed by atoms with Gasteiger partial charge in [0.1, 0.15) is 6.07 Å². The van der Waals surface area contributed by atoms with Gasteiger partial charge in [-0.15, -0.1) is 20.4 Å². The van der Waals surface area contributed by atoms with Crippen LogP contribution in [-0.2, 0) is 18.8 Å². The molecule has 0 spiro atoms. The minimum Gasteiger partial charge on any atom is -0.399 e. The van der Waals surface area contributed by atoms with Crippen molar-refractivity contribution in [3.05, 3.63) is 169 Å². The summed E-state index contributed by atoms with van der Waals surface area (Å²) in [7, 11) is 0. The smallest absolute Gasteiger partial charge is 0.399 e. The fourth-order valence-corrected chi connectivity index (χ4v) is 6.41. The van der Waals surface area contributed by atoms with Crippen LogP contribution in [-0.4, -0.2) is 29.2 Å². The molecule has 18 heteroatoms. The van der Waals surface area contributed by atoms with E-state index in [9.17, 15) is 31.6 Å². The summed E-state index contributed by atoms with van der Waals surface area (Å²) in [5.74, 6) is -2.09. The number of hydrogen-bond acceptors (Lipinski definition) is 7. The van der Waals surface area contributed by atoms with E-state index in [-0.39, 0.29) is 11.3 Å². The van der Waals surface area contributed by atoms with Crippen LogP contribution in [0.2, 0.25) is 10.0 Å². The molecule has 0 amide bonds. The van der Waals surface area contributed by atoms with Crippen molar-refractivity contribution < 1.29 is 26.3 Å². The van der Waals surface area contributed by atoms with Crippen molar-refractivity contribution >= 4 is 62.8 Å². The van der Waals surface area contributed by atoms with Crippen LogP contribution in [0.15, 0.2) is 122 Å². The largest absolute Gasteiger partial charge is 0.452 e. The molecule has 0 fully saturated rings. The number of nitriles is 2. The first-order chi connectivity index (χ1) is 28.0. The number of halogens is 9. The Kier molecular flexibility index (Phi) is 12.7. The van der Waals surface area contributed by atoms with E-state index < -0.39 is 24.0 Å². The Balaban J connectivity index is 0.000000168. The molecule has 0 radical (unpaired) electrons. The van der Waals surface area contributed by atoms with Crippen LogP contribution in [0.5, 0.6) is 0 Å². The van der Waals surface area contributed by atoms with E-state index in [1.54, 1.807) is 60.7 Å². The van der Waals surface area contributed by atoms with Crippen molar-refractivity contribution in [2.45, 2.75) is 18.8 Å². The Hall–Kier alpha value is -6.21. The summed E-state index contributed by atoms with van der Waals surface area (Å²) in [6.45, 7) is 0. The van der Waals surface area contributed by atoms with E-state index >= 15 is 0 Å². The first-order valence-electron chi connectivity index (χ1n) is 16.9. The summed E-state index contributed by atoms with van der Waals surface area (Å²) < 4.78 is 80.4. The third kappa shape index (κ3) is 10.3. The average Bonchev–Trinajstić information content (AvgIpc) is 3.85. The summed E-state index contributed by atoms with van der Waals surface area (Å²) in [5, 5.41) is 32.4. The van der Waals surface area contributed by atoms with E-state index in [1.807, 2.05) is 42.5 Å². The molecule has 59 heavy (non-hydrogen) atoms. The zero-order valence-electron chi connectivity index (χ0n) is 29.8. The van der Waals surface area contributed by atoms with Gasteiger partial charge >= 0.3 is 12.4 Å². The lowest BCUT2D eigenvalue weighted by molar-refractivity contribution is -0.146. The molecule has 0 aliphatic carbocycles. The van der Waals surface area contributed by atoms with Gasteiger partial charge in [0.25, 0.3) is 0 Å². The summed E-state index contributed by atoms with van der Waals surface area (Å²) in [5.41, 5.74) is 12.2. The first kappa shape index (κ1) is 42.4. The maximum absolute atomic E-state index is 13.1. The molecular formula is C41H24Cl2F6IN9. The second-order valence-corrected chi connectivity index (χ2v) is 14.5. The SMILES string of the molecule is N#Cc1cc(Cl)ccc1Cc1ccc(-c2ccc3nnc(C(F)(F)F)n3c2)cc1.N#Cc1cc(Cl)ccc1I.Nc1ccc(-c2ccc3nnc(C(F)(F)F)n3c2)cc1. The fourth-order valence-electron chi connectivity index (χ4n) is 5.61. The zero-order chi connectivity index (χ0) is 42.5. The number of pyridine rings is 2. The van der Waals surface area contributed by atoms with Crippen molar-refractivity contribution in [1.82, 2.24) is 29.2 Å². The molecular weight excluding hydrogens is 930 g/mol. The summed E-state index contributed by atoms with van der Waals surface area (Å²) in [6, 6.07) is 35.3. The molecule has 0 aliphatic rings. The molecule has 4 aromatic heterocycles. The van der Waals surface area contributed by atoms with Crippen molar-refractivity contribution in [2.75, 3.05) is 5.73 Å². The lowest BCUT2D eigenvalue weighted by Crippen LogP contribution is -2.10. The molecule has 0 atom stereocenters. The van der Waals surface area contributed by atoms with E-state index in [4.69, 9.17) is 34.2 Å². The molecule has 0 saturated heterocycles. The number of benzene rings is 4. The maximum Gasteiger partial charge on any atom is 0.452 e. The Bertz CT molecular complexity index is 2860. The van der Waals surface area contributed by atoms with Gasteiger partial charge in [-0.1, -0.05) is 65.7 Å². The number of nitrogens with two attached hydrogens (primary N) is 1. The Morgan fingerprint density at radius 1 is 0.576 bits per heavy atom. The van der Waals surface area contributed by atoms with Gasteiger partial charge in [-0.2, -0.15) is 36.9 Å². The van der Waals surface area contributed by atoms with E-state index in [1.165, 1.54) is 24.5 Å². The number of hydrogen-bond donors (Lipinski definition) is 1.